The van der Waals surface area contributed by atoms with E-state index in [2.05, 4.69) is 10.4 Å². The van der Waals surface area contributed by atoms with E-state index >= 15 is 0 Å². The Morgan fingerprint density at radius 3 is 2.46 bits per heavy atom. The number of anilines is 1. The van der Waals surface area contributed by atoms with Crippen molar-refractivity contribution in [3.63, 3.8) is 0 Å². The van der Waals surface area contributed by atoms with E-state index in [1.807, 2.05) is 0 Å². The predicted octanol–water partition coefficient (Wildman–Crippen LogP) is 2.24. The number of amides is 1. The van der Waals surface area contributed by atoms with Gasteiger partial charge in [0, 0.05) is 18.7 Å². The van der Waals surface area contributed by atoms with Crippen LogP contribution in [0.3, 0.4) is 0 Å². The molecule has 3 aromatic rings. The molecule has 1 heterocycles. The van der Waals surface area contributed by atoms with Gasteiger partial charge in [-0.25, -0.2) is 13.1 Å². The quantitative estimate of drug-likeness (QED) is 0.738. The molecule has 0 radical (unpaired) electrons. The molecule has 26 heavy (non-hydrogen) atoms. The molecule has 0 bridgehead atoms. The average Bonchev–Trinajstić information content (AvgIpc) is 2.59. The zero-order chi connectivity index (χ0) is 19.1. The van der Waals surface area contributed by atoms with Crippen LogP contribution in [0.2, 0.25) is 5.02 Å². The molecular weight excluding hydrogens is 378 g/mol. The summed E-state index contributed by atoms with van der Waals surface area (Å²) in [6, 6.07) is 10.6. The zero-order valence-corrected chi connectivity index (χ0v) is 15.4. The molecule has 3 rings (SSSR count). The molecule has 1 N–H and O–H groups in total. The SMILES string of the molecule is Cn1nc(C(=O)Nc2cc(S(C)(=O)=O)ccc2Cl)c2ccccc2c1=O. The van der Waals surface area contributed by atoms with Crippen LogP contribution in [0.4, 0.5) is 5.69 Å². The Labute approximate surface area is 154 Å². The number of aromatic nitrogens is 2. The predicted molar refractivity (Wildman–Crippen MR) is 99.5 cm³/mol. The van der Waals surface area contributed by atoms with Crippen LogP contribution in [0.5, 0.6) is 0 Å². The van der Waals surface area contributed by atoms with Gasteiger partial charge in [0.15, 0.2) is 15.5 Å². The molecule has 7 nitrogen and oxygen atoms in total. The summed E-state index contributed by atoms with van der Waals surface area (Å²) in [5.74, 6) is -0.607. The Kier molecular flexibility index (Phi) is 4.55. The smallest absolute Gasteiger partial charge is 0.276 e. The summed E-state index contributed by atoms with van der Waals surface area (Å²) in [5, 5.41) is 7.52. The van der Waals surface area contributed by atoms with E-state index in [9.17, 15) is 18.0 Å². The van der Waals surface area contributed by atoms with Crippen molar-refractivity contribution in [2.45, 2.75) is 4.90 Å². The molecule has 2 aromatic carbocycles. The van der Waals surface area contributed by atoms with Crippen LogP contribution >= 0.6 is 11.6 Å². The Morgan fingerprint density at radius 2 is 1.81 bits per heavy atom. The van der Waals surface area contributed by atoms with E-state index in [-0.39, 0.29) is 26.9 Å². The fraction of sp³-hybridized carbons (Fsp3) is 0.118. The highest BCUT2D eigenvalue weighted by Crippen LogP contribution is 2.26. The first-order valence-corrected chi connectivity index (χ1v) is 9.72. The van der Waals surface area contributed by atoms with Crippen molar-refractivity contribution in [1.29, 1.82) is 0 Å². The van der Waals surface area contributed by atoms with Crippen molar-refractivity contribution in [2.24, 2.45) is 7.05 Å². The van der Waals surface area contributed by atoms with Crippen molar-refractivity contribution in [3.8, 4) is 0 Å². The van der Waals surface area contributed by atoms with Gasteiger partial charge in [-0.15, -0.1) is 0 Å². The van der Waals surface area contributed by atoms with Crippen molar-refractivity contribution in [1.82, 2.24) is 9.78 Å². The number of fused-ring (bicyclic) bond motifs is 1. The third-order valence-electron chi connectivity index (χ3n) is 3.79. The number of nitrogens with one attached hydrogen (secondary N) is 1. The Balaban J connectivity index is 2.09. The molecule has 0 spiro atoms. The van der Waals surface area contributed by atoms with Gasteiger partial charge in [-0.05, 0) is 24.3 Å². The van der Waals surface area contributed by atoms with Gasteiger partial charge >= 0.3 is 0 Å². The molecule has 0 saturated heterocycles. The first-order chi connectivity index (χ1) is 12.2. The number of carbonyl (C=O) groups is 1. The molecule has 1 amide bonds. The number of rotatable bonds is 3. The number of hydrogen-bond donors (Lipinski definition) is 1. The number of carbonyl (C=O) groups excluding carboxylic acids is 1. The molecule has 0 fully saturated rings. The number of halogens is 1. The van der Waals surface area contributed by atoms with E-state index < -0.39 is 15.7 Å². The Hall–Kier alpha value is -2.71. The van der Waals surface area contributed by atoms with Gasteiger partial charge in [0.2, 0.25) is 0 Å². The second-order valence-electron chi connectivity index (χ2n) is 5.69. The molecule has 0 aliphatic rings. The lowest BCUT2D eigenvalue weighted by Crippen LogP contribution is -2.25. The third-order valence-corrected chi connectivity index (χ3v) is 5.23. The van der Waals surface area contributed by atoms with Crippen LogP contribution in [-0.4, -0.2) is 30.4 Å². The molecule has 134 valence electrons. The van der Waals surface area contributed by atoms with E-state index in [0.717, 1.165) is 10.9 Å². The van der Waals surface area contributed by atoms with Crippen molar-refractivity contribution in [3.05, 3.63) is 63.5 Å². The van der Waals surface area contributed by atoms with Crippen LogP contribution in [0, 0.1) is 0 Å². The Bertz CT molecular complexity index is 1200. The minimum Gasteiger partial charge on any atom is -0.319 e. The molecule has 0 unspecified atom stereocenters. The monoisotopic (exact) mass is 391 g/mol. The number of nitrogens with zero attached hydrogens (tertiary/aromatic N) is 2. The summed E-state index contributed by atoms with van der Waals surface area (Å²) in [6.07, 6.45) is 1.06. The van der Waals surface area contributed by atoms with Crippen LogP contribution in [0.25, 0.3) is 10.8 Å². The molecule has 0 saturated carbocycles. The van der Waals surface area contributed by atoms with Gasteiger partial charge in [-0.2, -0.15) is 5.10 Å². The largest absolute Gasteiger partial charge is 0.319 e. The summed E-state index contributed by atoms with van der Waals surface area (Å²) in [7, 11) is -2.01. The van der Waals surface area contributed by atoms with Crippen LogP contribution in [-0.2, 0) is 16.9 Å². The fourth-order valence-corrected chi connectivity index (χ4v) is 3.29. The summed E-state index contributed by atoms with van der Waals surface area (Å²) in [5.41, 5.74) is -0.155. The number of benzene rings is 2. The van der Waals surface area contributed by atoms with E-state index in [0.29, 0.717) is 10.8 Å². The lowest BCUT2D eigenvalue weighted by atomic mass is 10.1. The van der Waals surface area contributed by atoms with Crippen LogP contribution in [0.1, 0.15) is 10.5 Å². The van der Waals surface area contributed by atoms with Crippen molar-refractivity contribution < 1.29 is 13.2 Å². The normalized spacial score (nSPS) is 11.5. The molecule has 0 atom stereocenters. The van der Waals surface area contributed by atoms with Gasteiger partial charge in [0.25, 0.3) is 11.5 Å². The molecule has 0 aliphatic heterocycles. The number of sulfone groups is 1. The van der Waals surface area contributed by atoms with Crippen LogP contribution in [0.15, 0.2) is 52.2 Å². The fourth-order valence-electron chi connectivity index (χ4n) is 2.48. The maximum Gasteiger partial charge on any atom is 0.276 e. The second kappa shape index (κ2) is 6.54. The highest BCUT2D eigenvalue weighted by atomic mass is 35.5. The Morgan fingerprint density at radius 1 is 1.15 bits per heavy atom. The standard InChI is InChI=1S/C17H14ClN3O4S/c1-21-17(23)12-6-4-3-5-11(12)15(20-21)16(22)19-14-9-10(26(2,24)25)7-8-13(14)18/h3-9H,1-2H3,(H,19,22). The average molecular weight is 392 g/mol. The molecule has 9 heteroatoms. The lowest BCUT2D eigenvalue weighted by molar-refractivity contribution is 0.102. The first-order valence-electron chi connectivity index (χ1n) is 7.45. The summed E-state index contributed by atoms with van der Waals surface area (Å²) in [4.78, 5) is 24.9. The topological polar surface area (TPSA) is 98.1 Å². The van der Waals surface area contributed by atoms with E-state index in [1.165, 1.54) is 25.2 Å². The van der Waals surface area contributed by atoms with E-state index in [4.69, 9.17) is 11.6 Å². The highest BCUT2D eigenvalue weighted by Gasteiger charge is 2.18. The van der Waals surface area contributed by atoms with Crippen molar-refractivity contribution >= 4 is 43.8 Å². The third kappa shape index (κ3) is 3.33. The minimum absolute atomic E-state index is 0.0236. The number of hydrogen-bond acceptors (Lipinski definition) is 5. The molecule has 1 aromatic heterocycles. The second-order valence-corrected chi connectivity index (χ2v) is 8.11. The van der Waals surface area contributed by atoms with Crippen molar-refractivity contribution in [2.75, 3.05) is 11.6 Å². The first kappa shape index (κ1) is 18.1. The molecular formula is C17H14ClN3O4S. The highest BCUT2D eigenvalue weighted by molar-refractivity contribution is 7.90. The van der Waals surface area contributed by atoms with Gasteiger partial charge in [-0.3, -0.25) is 9.59 Å². The van der Waals surface area contributed by atoms with Gasteiger partial charge in [-0.1, -0.05) is 29.8 Å². The summed E-state index contributed by atoms with van der Waals surface area (Å²) in [6.45, 7) is 0. The minimum atomic E-state index is -3.46. The van der Waals surface area contributed by atoms with Gasteiger partial charge in [0.1, 0.15) is 0 Å². The van der Waals surface area contributed by atoms with Crippen LogP contribution < -0.4 is 10.9 Å². The summed E-state index contributed by atoms with van der Waals surface area (Å²) >= 11 is 6.07. The molecule has 0 aliphatic carbocycles. The number of aryl methyl sites for hydroxylation is 1. The maximum absolute atomic E-state index is 12.7. The summed E-state index contributed by atoms with van der Waals surface area (Å²) < 4.78 is 24.5. The maximum atomic E-state index is 12.7. The van der Waals surface area contributed by atoms with Gasteiger partial charge in [0.05, 0.1) is 21.0 Å². The van der Waals surface area contributed by atoms with Gasteiger partial charge < -0.3 is 5.32 Å². The zero-order valence-electron chi connectivity index (χ0n) is 13.9. The lowest BCUT2D eigenvalue weighted by Gasteiger charge is -2.11. The van der Waals surface area contributed by atoms with E-state index in [1.54, 1.807) is 24.3 Å².